The van der Waals surface area contributed by atoms with Crippen LogP contribution in [0, 0.1) is 11.8 Å². The van der Waals surface area contributed by atoms with Crippen LogP contribution in [0.5, 0.6) is 0 Å². The number of hydrogen-bond donors (Lipinski definition) is 2. The number of methoxy groups -OCH3 is 1. The Balaban J connectivity index is 2.75. The molecule has 4 nitrogen and oxygen atoms in total. The Kier molecular flexibility index (Phi) is 3.50. The molecular formula is C10H19NO3. The second-order valence-electron chi connectivity index (χ2n) is 4.09. The lowest BCUT2D eigenvalue weighted by Gasteiger charge is -2.41. The molecule has 2 N–H and O–H groups in total. The zero-order valence-electron chi connectivity index (χ0n) is 9.04. The summed E-state index contributed by atoms with van der Waals surface area (Å²) in [6.45, 7) is 5.18. The van der Waals surface area contributed by atoms with Gasteiger partial charge in [-0.3, -0.25) is 4.79 Å². The SMILES string of the molecule is COC(=O)C(C)C1(O)CCNCC1C. The summed E-state index contributed by atoms with van der Waals surface area (Å²) >= 11 is 0. The molecule has 82 valence electrons. The minimum Gasteiger partial charge on any atom is -0.469 e. The lowest BCUT2D eigenvalue weighted by molar-refractivity contribution is -0.161. The third kappa shape index (κ3) is 1.91. The van der Waals surface area contributed by atoms with Crippen LogP contribution in [-0.2, 0) is 9.53 Å². The highest BCUT2D eigenvalue weighted by Crippen LogP contribution is 2.32. The van der Waals surface area contributed by atoms with Gasteiger partial charge in [0.25, 0.3) is 0 Å². The van der Waals surface area contributed by atoms with Gasteiger partial charge in [-0.15, -0.1) is 0 Å². The van der Waals surface area contributed by atoms with Gasteiger partial charge in [-0.2, -0.15) is 0 Å². The first kappa shape index (κ1) is 11.5. The maximum absolute atomic E-state index is 11.4. The van der Waals surface area contributed by atoms with E-state index in [1.54, 1.807) is 6.92 Å². The number of piperidine rings is 1. The first-order valence-electron chi connectivity index (χ1n) is 5.03. The summed E-state index contributed by atoms with van der Waals surface area (Å²) in [5, 5.41) is 13.6. The van der Waals surface area contributed by atoms with Crippen LogP contribution in [0.1, 0.15) is 20.3 Å². The van der Waals surface area contributed by atoms with Crippen molar-refractivity contribution in [2.24, 2.45) is 11.8 Å². The molecule has 3 unspecified atom stereocenters. The highest BCUT2D eigenvalue weighted by atomic mass is 16.5. The van der Waals surface area contributed by atoms with Gasteiger partial charge >= 0.3 is 5.97 Å². The molecule has 0 spiro atoms. The topological polar surface area (TPSA) is 58.6 Å². The first-order chi connectivity index (χ1) is 6.52. The number of carbonyl (C=O) groups is 1. The number of aliphatic hydroxyl groups is 1. The smallest absolute Gasteiger partial charge is 0.311 e. The second kappa shape index (κ2) is 4.28. The van der Waals surface area contributed by atoms with Crippen molar-refractivity contribution in [2.45, 2.75) is 25.9 Å². The van der Waals surface area contributed by atoms with Gasteiger partial charge in [0.05, 0.1) is 18.6 Å². The molecule has 0 aromatic carbocycles. The van der Waals surface area contributed by atoms with E-state index in [4.69, 9.17) is 0 Å². The predicted molar refractivity (Wildman–Crippen MR) is 52.8 cm³/mol. The van der Waals surface area contributed by atoms with Crippen molar-refractivity contribution in [3.63, 3.8) is 0 Å². The fourth-order valence-corrected chi connectivity index (χ4v) is 2.05. The molecule has 3 atom stereocenters. The summed E-state index contributed by atoms with van der Waals surface area (Å²) in [4.78, 5) is 11.4. The molecule has 0 saturated carbocycles. The zero-order chi connectivity index (χ0) is 10.8. The molecule has 14 heavy (non-hydrogen) atoms. The molecule has 0 amide bonds. The molecular weight excluding hydrogens is 182 g/mol. The lowest BCUT2D eigenvalue weighted by atomic mass is 9.74. The maximum atomic E-state index is 11.4. The molecule has 1 rings (SSSR count). The van der Waals surface area contributed by atoms with Gasteiger partial charge in [-0.05, 0) is 25.8 Å². The van der Waals surface area contributed by atoms with Gasteiger partial charge in [-0.1, -0.05) is 6.92 Å². The second-order valence-corrected chi connectivity index (χ2v) is 4.09. The highest BCUT2D eigenvalue weighted by molar-refractivity contribution is 5.73. The molecule has 4 heteroatoms. The van der Waals surface area contributed by atoms with Crippen LogP contribution in [0.4, 0.5) is 0 Å². The van der Waals surface area contributed by atoms with Gasteiger partial charge in [0.15, 0.2) is 0 Å². The summed E-state index contributed by atoms with van der Waals surface area (Å²) in [6, 6.07) is 0. The normalized spacial score (nSPS) is 35.0. The minimum atomic E-state index is -0.918. The highest BCUT2D eigenvalue weighted by Gasteiger charge is 2.44. The van der Waals surface area contributed by atoms with Crippen molar-refractivity contribution >= 4 is 5.97 Å². The van der Waals surface area contributed by atoms with E-state index in [0.29, 0.717) is 6.42 Å². The molecule has 0 aliphatic carbocycles. The van der Waals surface area contributed by atoms with E-state index < -0.39 is 11.5 Å². The number of nitrogens with one attached hydrogen (secondary N) is 1. The van der Waals surface area contributed by atoms with E-state index in [1.807, 2.05) is 6.92 Å². The fraction of sp³-hybridized carbons (Fsp3) is 0.900. The monoisotopic (exact) mass is 201 g/mol. The predicted octanol–water partition coefficient (Wildman–Crippen LogP) is 0.156. The van der Waals surface area contributed by atoms with Crippen molar-refractivity contribution in [3.05, 3.63) is 0 Å². The fourth-order valence-electron chi connectivity index (χ4n) is 2.05. The third-order valence-corrected chi connectivity index (χ3v) is 3.31. The molecule has 1 fully saturated rings. The molecule has 1 heterocycles. The van der Waals surface area contributed by atoms with Crippen LogP contribution in [0.2, 0.25) is 0 Å². The molecule has 1 saturated heterocycles. The number of esters is 1. The Bertz CT molecular complexity index is 219. The summed E-state index contributed by atoms with van der Waals surface area (Å²) in [7, 11) is 1.36. The van der Waals surface area contributed by atoms with E-state index in [2.05, 4.69) is 10.1 Å². The molecule has 1 aliphatic rings. The molecule has 0 radical (unpaired) electrons. The molecule has 1 aliphatic heterocycles. The summed E-state index contributed by atoms with van der Waals surface area (Å²) < 4.78 is 4.66. The zero-order valence-corrected chi connectivity index (χ0v) is 9.04. The number of hydrogen-bond acceptors (Lipinski definition) is 4. The Morgan fingerprint density at radius 1 is 1.71 bits per heavy atom. The number of ether oxygens (including phenoxy) is 1. The minimum absolute atomic E-state index is 0.0744. The number of carbonyl (C=O) groups excluding carboxylic acids is 1. The Morgan fingerprint density at radius 3 is 2.86 bits per heavy atom. The van der Waals surface area contributed by atoms with Crippen molar-refractivity contribution in [2.75, 3.05) is 20.2 Å². The Labute approximate surface area is 84.6 Å². The van der Waals surface area contributed by atoms with Crippen LogP contribution in [0.15, 0.2) is 0 Å². The quantitative estimate of drug-likeness (QED) is 0.625. The van der Waals surface area contributed by atoms with E-state index in [0.717, 1.165) is 13.1 Å². The van der Waals surface area contributed by atoms with Gasteiger partial charge in [0.1, 0.15) is 0 Å². The van der Waals surface area contributed by atoms with Crippen LogP contribution in [0.25, 0.3) is 0 Å². The first-order valence-corrected chi connectivity index (χ1v) is 5.03. The lowest BCUT2D eigenvalue weighted by Crippen LogP contribution is -2.55. The van der Waals surface area contributed by atoms with E-state index in [9.17, 15) is 9.90 Å². The molecule has 0 aromatic rings. The molecule has 0 aromatic heterocycles. The van der Waals surface area contributed by atoms with Crippen LogP contribution in [0.3, 0.4) is 0 Å². The third-order valence-electron chi connectivity index (χ3n) is 3.31. The van der Waals surface area contributed by atoms with Crippen LogP contribution < -0.4 is 5.32 Å². The maximum Gasteiger partial charge on any atom is 0.311 e. The molecule has 0 bridgehead atoms. The van der Waals surface area contributed by atoms with E-state index in [-0.39, 0.29) is 11.9 Å². The van der Waals surface area contributed by atoms with Crippen LogP contribution in [-0.4, -0.2) is 36.9 Å². The standard InChI is InChI=1S/C10H19NO3/c1-7-6-11-5-4-10(7,13)8(2)9(12)14-3/h7-8,11,13H,4-6H2,1-3H3. The summed E-state index contributed by atoms with van der Waals surface area (Å²) in [5.74, 6) is -0.712. The Hall–Kier alpha value is -0.610. The largest absolute Gasteiger partial charge is 0.469 e. The average molecular weight is 201 g/mol. The van der Waals surface area contributed by atoms with Gasteiger partial charge in [0.2, 0.25) is 0 Å². The van der Waals surface area contributed by atoms with Crippen LogP contribution >= 0.6 is 0 Å². The summed E-state index contributed by atoms with van der Waals surface area (Å²) in [6.07, 6.45) is 0.602. The van der Waals surface area contributed by atoms with Crippen molar-refractivity contribution in [1.82, 2.24) is 5.32 Å². The van der Waals surface area contributed by atoms with Gasteiger partial charge < -0.3 is 15.2 Å². The van der Waals surface area contributed by atoms with E-state index in [1.165, 1.54) is 7.11 Å². The van der Waals surface area contributed by atoms with Crippen molar-refractivity contribution in [1.29, 1.82) is 0 Å². The van der Waals surface area contributed by atoms with Gasteiger partial charge in [0, 0.05) is 6.54 Å². The van der Waals surface area contributed by atoms with Crippen molar-refractivity contribution in [3.8, 4) is 0 Å². The average Bonchev–Trinajstić information content (AvgIpc) is 2.20. The van der Waals surface area contributed by atoms with E-state index >= 15 is 0 Å². The Morgan fingerprint density at radius 2 is 2.36 bits per heavy atom. The van der Waals surface area contributed by atoms with Crippen molar-refractivity contribution < 1.29 is 14.6 Å². The number of rotatable bonds is 2. The summed E-state index contributed by atoms with van der Waals surface area (Å²) in [5.41, 5.74) is -0.918. The van der Waals surface area contributed by atoms with Gasteiger partial charge in [-0.25, -0.2) is 0 Å².